The Balaban J connectivity index is 1.69. The number of aromatic carboxylic acids is 1. The molecule has 5 N–H and O–H groups in total. The first-order chi connectivity index (χ1) is 13.1. The number of rotatable bonds is 7. The van der Waals surface area contributed by atoms with Gasteiger partial charge in [-0.25, -0.2) is 4.79 Å². The summed E-state index contributed by atoms with van der Waals surface area (Å²) in [5, 5.41) is 28.7. The second-order valence-electron chi connectivity index (χ2n) is 7.78. The van der Waals surface area contributed by atoms with Crippen LogP contribution in [0.3, 0.4) is 0 Å². The zero-order chi connectivity index (χ0) is 20.6. The predicted molar refractivity (Wildman–Crippen MR) is 101 cm³/mol. The summed E-state index contributed by atoms with van der Waals surface area (Å²) in [5.41, 5.74) is 5.31. The van der Waals surface area contributed by atoms with E-state index >= 15 is 0 Å². The number of aryl methyl sites for hydroxylation is 1. The molecule has 1 atom stereocenters. The standard InChI is InChI=1S/C18H25BN2O7/c1-10(2)18(20,17(24)25)9-21-7-12(8-21)27-13-4-3-11-5-6-19(26)28-15(11)14(13)16(22)23/h3-4,10,12,26H,5-9,20H2,1-2H3,(H,22,23)(H,24,25). The van der Waals surface area contributed by atoms with Gasteiger partial charge in [0.05, 0.1) is 0 Å². The molecule has 0 spiro atoms. The number of carboxylic acids is 2. The first-order valence-electron chi connectivity index (χ1n) is 9.27. The third-order valence-corrected chi connectivity index (χ3v) is 5.46. The van der Waals surface area contributed by atoms with Crippen LogP contribution in [0.4, 0.5) is 0 Å². The number of carboxylic acid groups (broad SMARTS) is 2. The minimum absolute atomic E-state index is 0.101. The fraction of sp³-hybridized carbons (Fsp3) is 0.556. The summed E-state index contributed by atoms with van der Waals surface area (Å²) in [5.74, 6) is -2.17. The Hall–Kier alpha value is -2.30. The van der Waals surface area contributed by atoms with Gasteiger partial charge in [-0.05, 0) is 30.3 Å². The summed E-state index contributed by atoms with van der Waals surface area (Å²) in [6.45, 7) is 4.60. The van der Waals surface area contributed by atoms with Crippen LogP contribution in [0.2, 0.25) is 6.32 Å². The lowest BCUT2D eigenvalue weighted by atomic mass is 9.78. The molecule has 0 aromatic heterocycles. The maximum atomic E-state index is 11.8. The molecule has 2 heterocycles. The molecule has 1 saturated heterocycles. The molecule has 2 aliphatic rings. The maximum absolute atomic E-state index is 11.8. The van der Waals surface area contributed by atoms with Crippen molar-refractivity contribution >= 4 is 19.1 Å². The van der Waals surface area contributed by atoms with Crippen LogP contribution in [0.25, 0.3) is 0 Å². The van der Waals surface area contributed by atoms with Crippen molar-refractivity contribution in [3.63, 3.8) is 0 Å². The molecule has 9 nitrogen and oxygen atoms in total. The van der Waals surface area contributed by atoms with E-state index in [1.54, 1.807) is 26.0 Å². The number of likely N-dealkylation sites (tertiary alicyclic amines) is 1. The molecule has 2 aliphatic heterocycles. The third-order valence-electron chi connectivity index (χ3n) is 5.46. The van der Waals surface area contributed by atoms with Gasteiger partial charge in [-0.15, -0.1) is 0 Å². The van der Waals surface area contributed by atoms with Gasteiger partial charge in [0, 0.05) is 19.6 Å². The van der Waals surface area contributed by atoms with Crippen LogP contribution in [0.1, 0.15) is 29.8 Å². The van der Waals surface area contributed by atoms with Crippen LogP contribution in [0, 0.1) is 5.92 Å². The largest absolute Gasteiger partial charge is 0.535 e. The molecular weight excluding hydrogens is 367 g/mol. The van der Waals surface area contributed by atoms with Crippen molar-refractivity contribution in [3.05, 3.63) is 23.3 Å². The van der Waals surface area contributed by atoms with E-state index < -0.39 is 24.6 Å². The van der Waals surface area contributed by atoms with Crippen LogP contribution in [-0.4, -0.2) is 70.5 Å². The first kappa shape index (κ1) is 20.4. The summed E-state index contributed by atoms with van der Waals surface area (Å²) in [7, 11) is -1.04. The van der Waals surface area contributed by atoms with Crippen molar-refractivity contribution in [2.45, 2.75) is 38.2 Å². The van der Waals surface area contributed by atoms with Gasteiger partial charge in [-0.2, -0.15) is 0 Å². The minimum atomic E-state index is -1.35. The molecule has 3 rings (SSSR count). The molecule has 0 bridgehead atoms. The van der Waals surface area contributed by atoms with E-state index in [1.807, 2.05) is 4.90 Å². The van der Waals surface area contributed by atoms with Gasteiger partial charge in [0.1, 0.15) is 28.7 Å². The molecule has 1 unspecified atom stereocenters. The Morgan fingerprint density at radius 2 is 2.07 bits per heavy atom. The molecule has 0 amide bonds. The predicted octanol–water partition coefficient (Wildman–Crippen LogP) is 0.301. The average molecular weight is 392 g/mol. The van der Waals surface area contributed by atoms with E-state index in [4.69, 9.17) is 15.1 Å². The molecule has 0 aliphatic carbocycles. The first-order valence-corrected chi connectivity index (χ1v) is 9.27. The molecule has 1 fully saturated rings. The van der Waals surface area contributed by atoms with E-state index in [0.29, 0.717) is 25.8 Å². The monoisotopic (exact) mass is 392 g/mol. The van der Waals surface area contributed by atoms with E-state index in [2.05, 4.69) is 0 Å². The lowest BCUT2D eigenvalue weighted by molar-refractivity contribution is -0.147. The van der Waals surface area contributed by atoms with Crippen LogP contribution < -0.4 is 15.1 Å². The van der Waals surface area contributed by atoms with Crippen molar-refractivity contribution in [3.8, 4) is 11.5 Å². The normalized spacial score (nSPS) is 19.4. The van der Waals surface area contributed by atoms with Gasteiger partial charge in [-0.3, -0.25) is 9.69 Å². The number of hydrogen-bond acceptors (Lipinski definition) is 7. The SMILES string of the molecule is CC(C)C(N)(CN1CC(Oc2ccc3c(c2C(=O)O)OB(O)CC3)C1)C(=O)O. The Labute approximate surface area is 163 Å². The number of nitrogens with zero attached hydrogens (tertiary/aromatic N) is 1. The average Bonchev–Trinajstić information content (AvgIpc) is 2.58. The van der Waals surface area contributed by atoms with Crippen LogP contribution in [0.5, 0.6) is 11.5 Å². The second-order valence-corrected chi connectivity index (χ2v) is 7.78. The van der Waals surface area contributed by atoms with E-state index in [0.717, 1.165) is 5.56 Å². The number of benzene rings is 1. The minimum Gasteiger partial charge on any atom is -0.535 e. The Kier molecular flexibility index (Phi) is 5.56. The summed E-state index contributed by atoms with van der Waals surface area (Å²) < 4.78 is 11.2. The summed E-state index contributed by atoms with van der Waals surface area (Å²) in [6, 6.07) is 3.35. The number of nitrogens with two attached hydrogens (primary N) is 1. The number of ether oxygens (including phenoxy) is 1. The third kappa shape index (κ3) is 3.80. The van der Waals surface area contributed by atoms with Gasteiger partial charge in [0.25, 0.3) is 0 Å². The van der Waals surface area contributed by atoms with Crippen LogP contribution in [0.15, 0.2) is 12.1 Å². The molecule has 152 valence electrons. The summed E-state index contributed by atoms with van der Waals surface area (Å²) in [6.07, 6.45) is 0.649. The number of hydrogen-bond donors (Lipinski definition) is 4. The summed E-state index contributed by atoms with van der Waals surface area (Å²) in [4.78, 5) is 25.1. The maximum Gasteiger partial charge on any atom is 0.522 e. The Morgan fingerprint density at radius 1 is 1.39 bits per heavy atom. The lowest BCUT2D eigenvalue weighted by Gasteiger charge is -2.43. The highest BCUT2D eigenvalue weighted by Gasteiger charge is 2.43. The van der Waals surface area contributed by atoms with Crippen LogP contribution >= 0.6 is 0 Å². The van der Waals surface area contributed by atoms with Crippen molar-refractivity contribution in [1.82, 2.24) is 4.90 Å². The quantitative estimate of drug-likeness (QED) is 0.482. The fourth-order valence-corrected chi connectivity index (χ4v) is 3.49. The number of aliphatic carboxylic acids is 1. The Bertz CT molecular complexity index is 781. The Morgan fingerprint density at radius 3 is 2.64 bits per heavy atom. The molecule has 0 saturated carbocycles. The van der Waals surface area contributed by atoms with Gasteiger partial charge in [0.15, 0.2) is 0 Å². The number of fused-ring (bicyclic) bond motifs is 1. The second kappa shape index (κ2) is 7.61. The van der Waals surface area contributed by atoms with Crippen molar-refractivity contribution in [2.24, 2.45) is 11.7 Å². The zero-order valence-electron chi connectivity index (χ0n) is 15.9. The van der Waals surface area contributed by atoms with Crippen molar-refractivity contribution in [2.75, 3.05) is 19.6 Å². The molecule has 28 heavy (non-hydrogen) atoms. The highest BCUT2D eigenvalue weighted by Crippen LogP contribution is 2.37. The van der Waals surface area contributed by atoms with Gasteiger partial charge >= 0.3 is 19.1 Å². The topological polar surface area (TPSA) is 143 Å². The smallest absolute Gasteiger partial charge is 0.522 e. The molecule has 10 heteroatoms. The van der Waals surface area contributed by atoms with E-state index in [-0.39, 0.29) is 35.6 Å². The highest BCUT2D eigenvalue weighted by molar-refractivity contribution is 6.44. The fourth-order valence-electron chi connectivity index (χ4n) is 3.49. The van der Waals surface area contributed by atoms with E-state index in [9.17, 15) is 24.8 Å². The van der Waals surface area contributed by atoms with E-state index in [1.165, 1.54) is 0 Å². The summed E-state index contributed by atoms with van der Waals surface area (Å²) >= 11 is 0. The van der Waals surface area contributed by atoms with Gasteiger partial charge < -0.3 is 30.4 Å². The molecule has 1 aromatic carbocycles. The van der Waals surface area contributed by atoms with Crippen molar-refractivity contribution < 1.29 is 34.2 Å². The zero-order valence-corrected chi connectivity index (χ0v) is 15.9. The highest BCUT2D eigenvalue weighted by atomic mass is 16.5. The van der Waals surface area contributed by atoms with Crippen LogP contribution in [-0.2, 0) is 11.2 Å². The molecule has 0 radical (unpaired) electrons. The molecule has 1 aromatic rings. The van der Waals surface area contributed by atoms with Crippen molar-refractivity contribution in [1.29, 1.82) is 0 Å². The van der Waals surface area contributed by atoms with Gasteiger partial charge in [0.2, 0.25) is 0 Å². The lowest BCUT2D eigenvalue weighted by Crippen LogP contribution is -2.65. The number of carbonyl (C=O) groups is 2. The molecular formula is C18H25BN2O7. The van der Waals surface area contributed by atoms with Gasteiger partial charge in [-0.1, -0.05) is 19.9 Å².